The second-order valence-electron chi connectivity index (χ2n) is 11.5. The molecule has 3 aliphatic rings. The molecule has 3 N–H and O–H groups in total. The molecular formula is C24H34N4O6S2. The maximum atomic E-state index is 13.6. The number of carbonyl (C=O) groups excluding carboxylic acids is 1. The van der Waals surface area contributed by atoms with Crippen LogP contribution in [0, 0.1) is 10.8 Å². The summed E-state index contributed by atoms with van der Waals surface area (Å²) >= 11 is 0. The normalized spacial score (nSPS) is 24.5. The number of sulfonamides is 2. The van der Waals surface area contributed by atoms with E-state index in [0.29, 0.717) is 13.0 Å². The standard InChI is InChI=1S/C24H34N4O6S2/c1-23(2,3)11-12-24(4)14-28(16-7-6-8-16)22(30)19(20(24)29)21-25-17-10-9-15(26-35(5,31)32)13-18(17)36(33,34)27-21/h9-10,13,16,26,29H,6-8,11-12,14H2,1-5H3,(H,25,27)/t24-/m1/s1. The summed E-state index contributed by atoms with van der Waals surface area (Å²) < 4.78 is 55.5. The van der Waals surface area contributed by atoms with E-state index in [4.69, 9.17) is 0 Å². The summed E-state index contributed by atoms with van der Waals surface area (Å²) in [7, 11) is -7.91. The number of rotatable bonds is 6. The minimum atomic E-state index is -4.29. The first-order chi connectivity index (χ1) is 16.5. The van der Waals surface area contributed by atoms with Gasteiger partial charge in [-0.25, -0.2) is 8.42 Å². The summed E-state index contributed by atoms with van der Waals surface area (Å²) in [6, 6.07) is 4.04. The average molecular weight is 539 g/mol. The Labute approximate surface area is 213 Å². The molecule has 36 heavy (non-hydrogen) atoms. The van der Waals surface area contributed by atoms with Gasteiger partial charge in [-0.2, -0.15) is 8.42 Å². The lowest BCUT2D eigenvalue weighted by molar-refractivity contribution is -0.134. The zero-order valence-electron chi connectivity index (χ0n) is 21.3. The molecule has 2 heterocycles. The molecule has 1 saturated carbocycles. The van der Waals surface area contributed by atoms with E-state index >= 15 is 0 Å². The maximum Gasteiger partial charge on any atom is 0.286 e. The van der Waals surface area contributed by atoms with Crippen molar-refractivity contribution in [2.45, 2.75) is 70.7 Å². The van der Waals surface area contributed by atoms with Gasteiger partial charge in [0, 0.05) is 23.7 Å². The van der Waals surface area contributed by atoms with Gasteiger partial charge in [-0.15, -0.1) is 4.40 Å². The number of nitrogens with one attached hydrogen (secondary N) is 2. The third-order valence-corrected chi connectivity index (χ3v) is 8.93. The molecule has 0 saturated heterocycles. The van der Waals surface area contributed by atoms with Crippen LogP contribution in [-0.4, -0.2) is 57.4 Å². The highest BCUT2D eigenvalue weighted by molar-refractivity contribution is 7.92. The van der Waals surface area contributed by atoms with Gasteiger partial charge in [0.15, 0.2) is 5.84 Å². The van der Waals surface area contributed by atoms with E-state index in [-0.39, 0.29) is 44.9 Å². The van der Waals surface area contributed by atoms with Crippen LogP contribution in [0.2, 0.25) is 0 Å². The average Bonchev–Trinajstić information content (AvgIpc) is 2.68. The number of hydrogen-bond acceptors (Lipinski definition) is 7. The molecule has 1 aliphatic carbocycles. The Hall–Kier alpha value is -2.60. The van der Waals surface area contributed by atoms with Gasteiger partial charge < -0.3 is 15.3 Å². The molecule has 1 atom stereocenters. The fourth-order valence-electron chi connectivity index (χ4n) is 4.67. The van der Waals surface area contributed by atoms with Crippen molar-refractivity contribution in [3.05, 3.63) is 29.5 Å². The van der Waals surface area contributed by atoms with Crippen molar-refractivity contribution in [3.8, 4) is 0 Å². The minimum absolute atomic E-state index is 0.00675. The van der Waals surface area contributed by atoms with Crippen molar-refractivity contribution >= 4 is 43.2 Å². The van der Waals surface area contributed by atoms with Crippen molar-refractivity contribution in [2.24, 2.45) is 15.2 Å². The van der Waals surface area contributed by atoms with Gasteiger partial charge in [-0.3, -0.25) is 9.52 Å². The Morgan fingerprint density at radius 3 is 2.50 bits per heavy atom. The van der Waals surface area contributed by atoms with E-state index in [0.717, 1.165) is 31.9 Å². The van der Waals surface area contributed by atoms with Crippen LogP contribution < -0.4 is 10.0 Å². The molecule has 12 heteroatoms. The van der Waals surface area contributed by atoms with Crippen LogP contribution in [0.1, 0.15) is 59.8 Å². The lowest BCUT2D eigenvalue weighted by Crippen LogP contribution is -2.55. The molecule has 1 aromatic carbocycles. The summed E-state index contributed by atoms with van der Waals surface area (Å²) in [4.78, 5) is 15.1. The summed E-state index contributed by atoms with van der Waals surface area (Å²) in [6.07, 6.45) is 5.12. The number of benzene rings is 1. The summed E-state index contributed by atoms with van der Waals surface area (Å²) in [5.74, 6) is -0.821. The third-order valence-electron chi connectivity index (χ3n) is 7.01. The van der Waals surface area contributed by atoms with Crippen LogP contribution in [0.4, 0.5) is 11.4 Å². The lowest BCUT2D eigenvalue weighted by atomic mass is 9.73. The van der Waals surface area contributed by atoms with Crippen LogP contribution >= 0.6 is 0 Å². The molecule has 0 bridgehead atoms. The van der Waals surface area contributed by atoms with Gasteiger partial charge in [0.2, 0.25) is 10.0 Å². The van der Waals surface area contributed by atoms with E-state index in [1.165, 1.54) is 18.2 Å². The Morgan fingerprint density at radius 2 is 1.94 bits per heavy atom. The molecule has 1 aromatic rings. The minimum Gasteiger partial charge on any atom is -0.511 e. The van der Waals surface area contributed by atoms with Crippen molar-refractivity contribution in [2.75, 3.05) is 22.8 Å². The number of carbonyl (C=O) groups is 1. The molecule has 10 nitrogen and oxygen atoms in total. The highest BCUT2D eigenvalue weighted by Gasteiger charge is 2.48. The Kier molecular flexibility index (Phi) is 6.44. The molecule has 4 rings (SSSR count). The number of aliphatic hydroxyl groups is 1. The number of fused-ring (bicyclic) bond motifs is 1. The molecule has 2 aliphatic heterocycles. The second kappa shape index (κ2) is 8.76. The molecule has 0 spiro atoms. The van der Waals surface area contributed by atoms with Crippen molar-refractivity contribution < 1.29 is 26.7 Å². The Morgan fingerprint density at radius 1 is 1.28 bits per heavy atom. The monoisotopic (exact) mass is 538 g/mol. The number of hydrogen-bond donors (Lipinski definition) is 3. The van der Waals surface area contributed by atoms with Crippen molar-refractivity contribution in [3.63, 3.8) is 0 Å². The zero-order valence-corrected chi connectivity index (χ0v) is 22.9. The first-order valence-electron chi connectivity index (χ1n) is 12.0. The van der Waals surface area contributed by atoms with E-state index in [1.54, 1.807) is 4.90 Å². The smallest absolute Gasteiger partial charge is 0.286 e. The number of nitrogens with zero attached hydrogens (tertiary/aromatic N) is 2. The molecule has 1 fully saturated rings. The van der Waals surface area contributed by atoms with Gasteiger partial charge >= 0.3 is 0 Å². The van der Waals surface area contributed by atoms with Crippen LogP contribution in [0.15, 0.2) is 38.8 Å². The third kappa shape index (κ3) is 5.24. The fraction of sp³-hybridized carbons (Fsp3) is 0.583. The highest BCUT2D eigenvalue weighted by Crippen LogP contribution is 2.44. The van der Waals surface area contributed by atoms with Crippen molar-refractivity contribution in [1.29, 1.82) is 0 Å². The molecule has 1 amide bonds. The topological polar surface area (TPSA) is 145 Å². The summed E-state index contributed by atoms with van der Waals surface area (Å²) in [6.45, 7) is 8.59. The van der Waals surface area contributed by atoms with Gasteiger partial charge in [0.1, 0.15) is 16.2 Å². The zero-order chi connectivity index (χ0) is 26.7. The van der Waals surface area contributed by atoms with Gasteiger partial charge in [-0.1, -0.05) is 27.7 Å². The fourth-order valence-corrected chi connectivity index (χ4v) is 6.37. The quantitative estimate of drug-likeness (QED) is 0.502. The van der Waals surface area contributed by atoms with Crippen molar-refractivity contribution in [1.82, 2.24) is 4.90 Å². The first kappa shape index (κ1) is 26.5. The number of aliphatic hydroxyl groups excluding tert-OH is 1. The maximum absolute atomic E-state index is 13.6. The van der Waals surface area contributed by atoms with Crippen LogP contribution in [0.3, 0.4) is 0 Å². The molecule has 0 aromatic heterocycles. The van der Waals surface area contributed by atoms with E-state index in [1.807, 2.05) is 6.92 Å². The molecule has 0 radical (unpaired) electrons. The van der Waals surface area contributed by atoms with Gasteiger partial charge in [0.25, 0.3) is 15.9 Å². The van der Waals surface area contributed by atoms with E-state index < -0.39 is 31.4 Å². The number of anilines is 2. The SMILES string of the molecule is CC(C)(C)CC[C@]1(C)CN(C2CCC2)C(=O)C(C2=NS(=O)(=O)c3cc(NS(C)(=O)=O)ccc3N2)=C1O. The van der Waals surface area contributed by atoms with E-state index in [9.17, 15) is 26.7 Å². The second-order valence-corrected chi connectivity index (χ2v) is 14.8. The Balaban J connectivity index is 1.78. The predicted octanol–water partition coefficient (Wildman–Crippen LogP) is 3.61. The van der Waals surface area contributed by atoms with Crippen LogP contribution in [-0.2, 0) is 24.8 Å². The summed E-state index contributed by atoms with van der Waals surface area (Å²) in [5.41, 5.74) is -0.667. The Bertz CT molecular complexity index is 1370. The van der Waals surface area contributed by atoms with Crippen LogP contribution in [0.25, 0.3) is 0 Å². The predicted molar refractivity (Wildman–Crippen MR) is 139 cm³/mol. The highest BCUT2D eigenvalue weighted by atomic mass is 32.2. The lowest BCUT2D eigenvalue weighted by Gasteiger charge is -2.47. The largest absolute Gasteiger partial charge is 0.511 e. The molecular weight excluding hydrogens is 504 g/mol. The van der Waals surface area contributed by atoms with E-state index in [2.05, 4.69) is 35.2 Å². The van der Waals surface area contributed by atoms with Crippen LogP contribution in [0.5, 0.6) is 0 Å². The molecule has 0 unspecified atom stereocenters. The number of amides is 1. The number of amidine groups is 1. The van der Waals surface area contributed by atoms with Gasteiger partial charge in [0.05, 0.1) is 11.9 Å². The first-order valence-corrected chi connectivity index (χ1v) is 15.3. The van der Waals surface area contributed by atoms with Gasteiger partial charge in [-0.05, 0) is 55.7 Å². The molecule has 198 valence electrons. The summed E-state index contributed by atoms with van der Waals surface area (Å²) in [5, 5.41) is 14.3.